The molecule has 0 saturated heterocycles. The Morgan fingerprint density at radius 2 is 2.06 bits per heavy atom. The van der Waals surface area contributed by atoms with Gasteiger partial charge < -0.3 is 10.2 Å². The summed E-state index contributed by atoms with van der Waals surface area (Å²) in [7, 11) is 3.91. The maximum Gasteiger partial charge on any atom is 0.224 e. The molecular formula is C12H22N4. The zero-order chi connectivity index (χ0) is 12.1. The Kier molecular flexibility index (Phi) is 4.68. The molecule has 0 aliphatic heterocycles. The Labute approximate surface area is 98.1 Å². The average molecular weight is 222 g/mol. The van der Waals surface area contributed by atoms with Crippen LogP contribution >= 0.6 is 0 Å². The van der Waals surface area contributed by atoms with Crippen molar-refractivity contribution in [2.45, 2.75) is 32.7 Å². The van der Waals surface area contributed by atoms with E-state index in [-0.39, 0.29) is 0 Å². The van der Waals surface area contributed by atoms with Crippen molar-refractivity contribution < 1.29 is 0 Å². The first kappa shape index (κ1) is 12.9. The zero-order valence-corrected chi connectivity index (χ0v) is 10.9. The highest BCUT2D eigenvalue weighted by Gasteiger charge is 2.15. The van der Waals surface area contributed by atoms with Crippen molar-refractivity contribution in [3.63, 3.8) is 0 Å². The number of anilines is 1. The van der Waals surface area contributed by atoms with Crippen LogP contribution in [-0.2, 0) is 0 Å². The maximum atomic E-state index is 4.55. The molecule has 0 aliphatic rings. The lowest BCUT2D eigenvalue weighted by Gasteiger charge is -2.21. The molecule has 2 unspecified atom stereocenters. The molecule has 0 spiro atoms. The van der Waals surface area contributed by atoms with E-state index < -0.39 is 0 Å². The van der Waals surface area contributed by atoms with E-state index in [9.17, 15) is 0 Å². The molecule has 1 aromatic rings. The van der Waals surface area contributed by atoms with Crippen molar-refractivity contribution in [2.75, 3.05) is 25.5 Å². The lowest BCUT2D eigenvalue weighted by atomic mass is 9.99. The van der Waals surface area contributed by atoms with E-state index in [1.807, 2.05) is 31.3 Å². The Morgan fingerprint density at radius 3 is 2.62 bits per heavy atom. The highest BCUT2D eigenvalue weighted by molar-refractivity contribution is 5.28. The molecule has 4 nitrogen and oxygen atoms in total. The lowest BCUT2D eigenvalue weighted by Crippen LogP contribution is -2.31. The molecule has 0 amide bonds. The van der Waals surface area contributed by atoms with Crippen LogP contribution in [0.1, 0.15) is 32.4 Å². The van der Waals surface area contributed by atoms with Crippen molar-refractivity contribution in [2.24, 2.45) is 0 Å². The third-order valence-electron chi connectivity index (χ3n) is 2.81. The summed E-state index contributed by atoms with van der Waals surface area (Å²) in [5, 5.41) is 3.42. The Hall–Kier alpha value is -1.16. The normalized spacial score (nSPS) is 14.6. The molecule has 2 atom stereocenters. The van der Waals surface area contributed by atoms with E-state index in [0.29, 0.717) is 12.0 Å². The van der Waals surface area contributed by atoms with Gasteiger partial charge in [-0.05, 0) is 19.5 Å². The average Bonchev–Trinajstić information content (AvgIpc) is 2.28. The molecule has 0 aliphatic carbocycles. The minimum absolute atomic E-state index is 0.390. The first-order chi connectivity index (χ1) is 7.56. The van der Waals surface area contributed by atoms with Crippen molar-refractivity contribution >= 4 is 5.95 Å². The van der Waals surface area contributed by atoms with Gasteiger partial charge in [0.25, 0.3) is 0 Å². The fourth-order valence-corrected chi connectivity index (χ4v) is 1.59. The van der Waals surface area contributed by atoms with Gasteiger partial charge in [-0.15, -0.1) is 0 Å². The van der Waals surface area contributed by atoms with Crippen LogP contribution in [0.2, 0.25) is 0 Å². The summed E-state index contributed by atoms with van der Waals surface area (Å²) in [6.45, 7) is 7.48. The summed E-state index contributed by atoms with van der Waals surface area (Å²) in [6.07, 6.45) is 1.83. The minimum Gasteiger partial charge on any atom is -0.347 e. The molecule has 0 aromatic carbocycles. The number of aromatic nitrogens is 2. The second kappa shape index (κ2) is 5.80. The van der Waals surface area contributed by atoms with Crippen LogP contribution in [0, 0.1) is 0 Å². The lowest BCUT2D eigenvalue weighted by molar-refractivity contribution is 0.487. The van der Waals surface area contributed by atoms with E-state index in [2.05, 4.69) is 36.1 Å². The van der Waals surface area contributed by atoms with Crippen LogP contribution in [0.25, 0.3) is 0 Å². The van der Waals surface area contributed by atoms with E-state index in [0.717, 1.165) is 18.2 Å². The van der Waals surface area contributed by atoms with Gasteiger partial charge in [0.05, 0.1) is 5.69 Å². The third-order valence-corrected chi connectivity index (χ3v) is 2.81. The summed E-state index contributed by atoms with van der Waals surface area (Å²) in [5.74, 6) is 1.16. The Bertz CT molecular complexity index is 325. The van der Waals surface area contributed by atoms with Gasteiger partial charge in [-0.3, -0.25) is 0 Å². The largest absolute Gasteiger partial charge is 0.347 e. The summed E-state index contributed by atoms with van der Waals surface area (Å²) in [4.78, 5) is 10.7. The molecule has 1 aromatic heterocycles. The standard InChI is InChI=1S/C12H22N4/c1-6-13-10(3)9(2)11-7-8-14-12(15-11)16(4)5/h7-10,13H,6H2,1-5H3. The highest BCUT2D eigenvalue weighted by Crippen LogP contribution is 2.18. The molecular weight excluding hydrogens is 200 g/mol. The van der Waals surface area contributed by atoms with Crippen LogP contribution in [0.3, 0.4) is 0 Å². The minimum atomic E-state index is 0.390. The molecule has 90 valence electrons. The molecule has 1 heterocycles. The molecule has 0 saturated carbocycles. The van der Waals surface area contributed by atoms with Crippen LogP contribution in [0.4, 0.5) is 5.95 Å². The fraction of sp³-hybridized carbons (Fsp3) is 0.667. The first-order valence-electron chi connectivity index (χ1n) is 5.80. The predicted molar refractivity (Wildman–Crippen MR) is 67.9 cm³/mol. The Balaban J connectivity index is 2.82. The number of hydrogen-bond acceptors (Lipinski definition) is 4. The van der Waals surface area contributed by atoms with Crippen molar-refractivity contribution in [1.29, 1.82) is 0 Å². The van der Waals surface area contributed by atoms with Gasteiger partial charge in [0.2, 0.25) is 5.95 Å². The van der Waals surface area contributed by atoms with E-state index >= 15 is 0 Å². The van der Waals surface area contributed by atoms with Crippen molar-refractivity contribution in [3.8, 4) is 0 Å². The monoisotopic (exact) mass is 222 g/mol. The van der Waals surface area contributed by atoms with E-state index in [1.165, 1.54) is 0 Å². The van der Waals surface area contributed by atoms with Crippen LogP contribution in [-0.4, -0.2) is 36.6 Å². The van der Waals surface area contributed by atoms with Gasteiger partial charge in [0, 0.05) is 32.3 Å². The maximum absolute atomic E-state index is 4.55. The van der Waals surface area contributed by atoms with Crippen LogP contribution in [0.15, 0.2) is 12.3 Å². The SMILES string of the molecule is CCNC(C)C(C)c1ccnc(N(C)C)n1. The van der Waals surface area contributed by atoms with Gasteiger partial charge in [0.15, 0.2) is 0 Å². The summed E-state index contributed by atoms with van der Waals surface area (Å²) in [5.41, 5.74) is 1.09. The van der Waals surface area contributed by atoms with Gasteiger partial charge in [-0.2, -0.15) is 0 Å². The van der Waals surface area contributed by atoms with Crippen molar-refractivity contribution in [3.05, 3.63) is 18.0 Å². The summed E-state index contributed by atoms with van der Waals surface area (Å²) < 4.78 is 0. The fourth-order valence-electron chi connectivity index (χ4n) is 1.59. The van der Waals surface area contributed by atoms with Crippen LogP contribution < -0.4 is 10.2 Å². The topological polar surface area (TPSA) is 41.1 Å². The second-order valence-electron chi connectivity index (χ2n) is 4.31. The molecule has 0 bridgehead atoms. The third kappa shape index (κ3) is 3.17. The first-order valence-corrected chi connectivity index (χ1v) is 5.80. The molecule has 0 fully saturated rings. The number of rotatable bonds is 5. The van der Waals surface area contributed by atoms with Gasteiger partial charge in [-0.25, -0.2) is 9.97 Å². The second-order valence-corrected chi connectivity index (χ2v) is 4.31. The van der Waals surface area contributed by atoms with E-state index in [4.69, 9.17) is 0 Å². The summed E-state index contributed by atoms with van der Waals surface area (Å²) in [6, 6.07) is 2.42. The molecule has 1 rings (SSSR count). The highest BCUT2D eigenvalue weighted by atomic mass is 15.2. The number of nitrogens with one attached hydrogen (secondary N) is 1. The smallest absolute Gasteiger partial charge is 0.224 e. The molecule has 4 heteroatoms. The van der Waals surface area contributed by atoms with E-state index in [1.54, 1.807) is 0 Å². The van der Waals surface area contributed by atoms with Gasteiger partial charge >= 0.3 is 0 Å². The number of nitrogens with zero attached hydrogens (tertiary/aromatic N) is 3. The number of likely N-dealkylation sites (N-methyl/N-ethyl adjacent to an activating group) is 1. The van der Waals surface area contributed by atoms with Gasteiger partial charge in [0.1, 0.15) is 0 Å². The van der Waals surface area contributed by atoms with Crippen molar-refractivity contribution in [1.82, 2.24) is 15.3 Å². The predicted octanol–water partition coefficient (Wildman–Crippen LogP) is 1.64. The molecule has 0 radical (unpaired) electrons. The Morgan fingerprint density at radius 1 is 1.38 bits per heavy atom. The number of hydrogen-bond donors (Lipinski definition) is 1. The van der Waals surface area contributed by atoms with Gasteiger partial charge in [-0.1, -0.05) is 13.8 Å². The molecule has 1 N–H and O–H groups in total. The molecule has 16 heavy (non-hydrogen) atoms. The summed E-state index contributed by atoms with van der Waals surface area (Å²) >= 11 is 0. The quantitative estimate of drug-likeness (QED) is 0.822. The zero-order valence-electron chi connectivity index (χ0n) is 10.9. The van der Waals surface area contributed by atoms with Crippen LogP contribution in [0.5, 0.6) is 0 Å².